The highest BCUT2D eigenvalue weighted by Crippen LogP contribution is 2.17. The number of nitrogens with one attached hydrogen (secondary N) is 2. The molecule has 2 aromatic rings. The van der Waals surface area contributed by atoms with Gasteiger partial charge in [-0.2, -0.15) is 0 Å². The van der Waals surface area contributed by atoms with Crippen LogP contribution in [0.3, 0.4) is 0 Å². The van der Waals surface area contributed by atoms with Crippen LogP contribution in [-0.4, -0.2) is 30.1 Å². The minimum Gasteiger partial charge on any atom is -0.381 e. The summed E-state index contributed by atoms with van der Waals surface area (Å²) in [5, 5.41) is 6.65. The van der Waals surface area contributed by atoms with E-state index in [4.69, 9.17) is 16.3 Å². The normalized spacial score (nSPS) is 17.0. The summed E-state index contributed by atoms with van der Waals surface area (Å²) >= 11 is 5.92. The van der Waals surface area contributed by atoms with Crippen molar-refractivity contribution in [1.29, 1.82) is 0 Å². The molecule has 0 spiro atoms. The number of pyridine rings is 1. The fourth-order valence-corrected chi connectivity index (χ4v) is 2.66. The molecule has 6 heteroatoms. The summed E-state index contributed by atoms with van der Waals surface area (Å²) in [6.07, 6.45) is 5.64. The SMILES string of the molecule is O=C(Nc1cccc(Cl)c1)c1cncc(NCC2CCCO2)c1. The van der Waals surface area contributed by atoms with Crippen LogP contribution in [0.25, 0.3) is 0 Å². The van der Waals surface area contributed by atoms with Crippen molar-refractivity contribution in [3.8, 4) is 0 Å². The zero-order chi connectivity index (χ0) is 16.1. The molecule has 1 saturated heterocycles. The lowest BCUT2D eigenvalue weighted by molar-refractivity contribution is 0.102. The minimum absolute atomic E-state index is 0.222. The van der Waals surface area contributed by atoms with Gasteiger partial charge in [0.25, 0.3) is 5.91 Å². The number of hydrogen-bond acceptors (Lipinski definition) is 4. The highest BCUT2D eigenvalue weighted by atomic mass is 35.5. The molecule has 23 heavy (non-hydrogen) atoms. The van der Waals surface area contributed by atoms with Crippen LogP contribution in [0.1, 0.15) is 23.2 Å². The lowest BCUT2D eigenvalue weighted by Gasteiger charge is -2.12. The van der Waals surface area contributed by atoms with Crippen LogP contribution < -0.4 is 10.6 Å². The quantitative estimate of drug-likeness (QED) is 0.879. The van der Waals surface area contributed by atoms with Gasteiger partial charge < -0.3 is 15.4 Å². The summed E-state index contributed by atoms with van der Waals surface area (Å²) in [6.45, 7) is 1.55. The van der Waals surface area contributed by atoms with Gasteiger partial charge in [-0.25, -0.2) is 0 Å². The van der Waals surface area contributed by atoms with E-state index in [1.165, 1.54) is 6.20 Å². The van der Waals surface area contributed by atoms with E-state index < -0.39 is 0 Å². The second-order valence-electron chi connectivity index (χ2n) is 5.44. The standard InChI is InChI=1S/C17H18ClN3O2/c18-13-3-1-4-14(8-13)21-17(22)12-7-15(10-19-9-12)20-11-16-5-2-6-23-16/h1,3-4,7-10,16,20H,2,5-6,11H2,(H,21,22). The first-order valence-electron chi connectivity index (χ1n) is 7.58. The molecule has 1 atom stereocenters. The monoisotopic (exact) mass is 331 g/mol. The fourth-order valence-electron chi connectivity index (χ4n) is 2.47. The Labute approximate surface area is 140 Å². The van der Waals surface area contributed by atoms with Crippen molar-refractivity contribution < 1.29 is 9.53 Å². The Hall–Kier alpha value is -2.11. The van der Waals surface area contributed by atoms with E-state index >= 15 is 0 Å². The summed E-state index contributed by atoms with van der Waals surface area (Å²) in [5.41, 5.74) is 1.95. The third-order valence-corrected chi connectivity index (χ3v) is 3.88. The van der Waals surface area contributed by atoms with E-state index in [0.717, 1.165) is 31.7 Å². The molecule has 0 radical (unpaired) electrons. The highest BCUT2D eigenvalue weighted by molar-refractivity contribution is 6.30. The number of carbonyl (C=O) groups is 1. The number of rotatable bonds is 5. The number of benzene rings is 1. The minimum atomic E-state index is -0.222. The molecule has 0 bridgehead atoms. The van der Waals surface area contributed by atoms with E-state index in [9.17, 15) is 4.79 Å². The first-order valence-corrected chi connectivity index (χ1v) is 7.96. The van der Waals surface area contributed by atoms with Gasteiger partial charge in [0.2, 0.25) is 0 Å². The number of nitrogens with zero attached hydrogens (tertiary/aromatic N) is 1. The first-order chi connectivity index (χ1) is 11.2. The number of halogens is 1. The van der Waals surface area contributed by atoms with Crippen molar-refractivity contribution in [1.82, 2.24) is 4.98 Å². The van der Waals surface area contributed by atoms with E-state index in [-0.39, 0.29) is 12.0 Å². The predicted molar refractivity (Wildman–Crippen MR) is 91.1 cm³/mol. The van der Waals surface area contributed by atoms with Crippen molar-refractivity contribution in [3.63, 3.8) is 0 Å². The van der Waals surface area contributed by atoms with E-state index in [0.29, 0.717) is 16.3 Å². The van der Waals surface area contributed by atoms with Gasteiger partial charge in [-0.05, 0) is 37.1 Å². The van der Waals surface area contributed by atoms with Gasteiger partial charge in [-0.15, -0.1) is 0 Å². The van der Waals surface area contributed by atoms with Crippen molar-refractivity contribution in [2.75, 3.05) is 23.8 Å². The number of hydrogen-bond donors (Lipinski definition) is 2. The Morgan fingerprint density at radius 3 is 3.00 bits per heavy atom. The molecule has 3 rings (SSSR count). The van der Waals surface area contributed by atoms with Gasteiger partial charge in [0.1, 0.15) is 0 Å². The lowest BCUT2D eigenvalue weighted by atomic mass is 10.2. The summed E-state index contributed by atoms with van der Waals surface area (Å²) < 4.78 is 5.57. The summed E-state index contributed by atoms with van der Waals surface area (Å²) in [7, 11) is 0. The predicted octanol–water partition coefficient (Wildman–Crippen LogP) is 3.58. The maximum absolute atomic E-state index is 12.3. The molecule has 1 fully saturated rings. The topological polar surface area (TPSA) is 63.2 Å². The number of amides is 1. The Balaban J connectivity index is 1.62. The molecular weight excluding hydrogens is 314 g/mol. The van der Waals surface area contributed by atoms with Gasteiger partial charge in [0.15, 0.2) is 0 Å². The molecule has 1 aliphatic rings. The van der Waals surface area contributed by atoms with Crippen LogP contribution in [0.2, 0.25) is 5.02 Å². The van der Waals surface area contributed by atoms with E-state index in [2.05, 4.69) is 15.6 Å². The second kappa shape index (κ2) is 7.44. The molecular formula is C17H18ClN3O2. The zero-order valence-electron chi connectivity index (χ0n) is 12.6. The average Bonchev–Trinajstić information content (AvgIpc) is 3.07. The first kappa shape index (κ1) is 15.8. The molecule has 2 heterocycles. The molecule has 1 unspecified atom stereocenters. The molecule has 1 aromatic heterocycles. The van der Waals surface area contributed by atoms with Crippen molar-refractivity contribution in [3.05, 3.63) is 53.3 Å². The third-order valence-electron chi connectivity index (χ3n) is 3.64. The summed E-state index contributed by atoms with van der Waals surface area (Å²) in [5.74, 6) is -0.222. The van der Waals surface area contributed by atoms with Gasteiger partial charge >= 0.3 is 0 Å². The van der Waals surface area contributed by atoms with Crippen LogP contribution in [0.4, 0.5) is 11.4 Å². The molecule has 0 aliphatic carbocycles. The van der Waals surface area contributed by atoms with Crippen molar-refractivity contribution in [2.24, 2.45) is 0 Å². The molecule has 1 amide bonds. The molecule has 5 nitrogen and oxygen atoms in total. The van der Waals surface area contributed by atoms with Crippen LogP contribution in [0, 0.1) is 0 Å². The summed E-state index contributed by atoms with van der Waals surface area (Å²) in [6, 6.07) is 8.81. The van der Waals surface area contributed by atoms with Crippen LogP contribution >= 0.6 is 11.6 Å². The number of carbonyl (C=O) groups excluding carboxylic acids is 1. The number of aromatic nitrogens is 1. The Morgan fingerprint density at radius 1 is 1.30 bits per heavy atom. The van der Waals surface area contributed by atoms with E-state index in [1.54, 1.807) is 36.5 Å². The van der Waals surface area contributed by atoms with Gasteiger partial charge in [0, 0.05) is 36.3 Å². The maximum atomic E-state index is 12.3. The second-order valence-corrected chi connectivity index (χ2v) is 5.88. The largest absolute Gasteiger partial charge is 0.381 e. The van der Waals surface area contributed by atoms with Crippen LogP contribution in [0.15, 0.2) is 42.7 Å². The van der Waals surface area contributed by atoms with Crippen LogP contribution in [0.5, 0.6) is 0 Å². The lowest BCUT2D eigenvalue weighted by Crippen LogP contribution is -2.19. The molecule has 1 aromatic carbocycles. The molecule has 0 saturated carbocycles. The van der Waals surface area contributed by atoms with Crippen molar-refractivity contribution >= 4 is 28.9 Å². The van der Waals surface area contributed by atoms with Crippen LogP contribution in [-0.2, 0) is 4.74 Å². The third kappa shape index (κ3) is 4.43. The Kier molecular flexibility index (Phi) is 5.10. The highest BCUT2D eigenvalue weighted by Gasteiger charge is 2.15. The number of ether oxygens (including phenoxy) is 1. The Morgan fingerprint density at radius 2 is 2.22 bits per heavy atom. The molecule has 2 N–H and O–H groups in total. The van der Waals surface area contributed by atoms with Gasteiger partial charge in [-0.3, -0.25) is 9.78 Å². The molecule has 120 valence electrons. The zero-order valence-corrected chi connectivity index (χ0v) is 13.3. The Bertz CT molecular complexity index is 687. The van der Waals surface area contributed by atoms with Crippen molar-refractivity contribution in [2.45, 2.75) is 18.9 Å². The maximum Gasteiger partial charge on any atom is 0.257 e. The fraction of sp³-hybridized carbons (Fsp3) is 0.294. The van der Waals surface area contributed by atoms with E-state index in [1.807, 2.05) is 0 Å². The number of anilines is 2. The molecule has 1 aliphatic heterocycles. The van der Waals surface area contributed by atoms with Gasteiger partial charge in [0.05, 0.1) is 17.4 Å². The van der Waals surface area contributed by atoms with Gasteiger partial charge in [-0.1, -0.05) is 17.7 Å². The smallest absolute Gasteiger partial charge is 0.257 e. The average molecular weight is 332 g/mol. The summed E-state index contributed by atoms with van der Waals surface area (Å²) in [4.78, 5) is 16.4.